The van der Waals surface area contributed by atoms with Gasteiger partial charge in [0.15, 0.2) is 0 Å². The van der Waals surface area contributed by atoms with Crippen LogP contribution in [0.4, 0.5) is 0 Å². The molecule has 84 valence electrons. The maximum absolute atomic E-state index is 2.44. The first-order valence-electron chi connectivity index (χ1n) is 6.33. The van der Waals surface area contributed by atoms with E-state index in [4.69, 9.17) is 0 Å². The molecule has 0 aliphatic heterocycles. The second-order valence-electron chi connectivity index (χ2n) is 4.36. The lowest BCUT2D eigenvalue weighted by atomic mass is 9.93. The molecule has 0 fully saturated rings. The summed E-state index contributed by atoms with van der Waals surface area (Å²) in [5.74, 6) is 0. The van der Waals surface area contributed by atoms with Crippen molar-refractivity contribution in [3.63, 3.8) is 0 Å². The molecular formula is C16H20. The van der Waals surface area contributed by atoms with E-state index in [2.05, 4.69) is 48.6 Å². The number of allylic oxidation sites excluding steroid dienone is 10. The van der Waals surface area contributed by atoms with Crippen molar-refractivity contribution in [2.24, 2.45) is 0 Å². The first-order valence-corrected chi connectivity index (χ1v) is 6.33. The quantitative estimate of drug-likeness (QED) is 0.544. The molecule has 0 bridgehead atoms. The Morgan fingerprint density at radius 2 is 1.44 bits per heavy atom. The zero-order chi connectivity index (χ0) is 11.1. The lowest BCUT2D eigenvalue weighted by Gasteiger charge is -2.13. The molecule has 0 spiro atoms. The van der Waals surface area contributed by atoms with Crippen molar-refractivity contribution in [2.45, 2.75) is 38.5 Å². The van der Waals surface area contributed by atoms with Gasteiger partial charge in [-0.05, 0) is 49.7 Å². The third-order valence-electron chi connectivity index (χ3n) is 3.12. The molecule has 0 heteroatoms. The van der Waals surface area contributed by atoms with Gasteiger partial charge in [-0.2, -0.15) is 0 Å². The highest BCUT2D eigenvalue weighted by Gasteiger charge is 2.05. The molecule has 0 radical (unpaired) electrons. The molecule has 0 unspecified atom stereocenters. The molecule has 0 saturated carbocycles. The summed E-state index contributed by atoms with van der Waals surface area (Å²) in [7, 11) is 0. The van der Waals surface area contributed by atoms with Crippen molar-refractivity contribution in [3.05, 3.63) is 59.8 Å². The highest BCUT2D eigenvalue weighted by molar-refractivity contribution is 5.36. The van der Waals surface area contributed by atoms with E-state index in [-0.39, 0.29) is 0 Å². The standard InChI is InChI=1S/C16H20/c1-3-7-11-15(12-8-4-1)16-13-9-5-2-6-10-14-16/h1-5,7,11,14H,6,8-10,12-13H2. The van der Waals surface area contributed by atoms with Gasteiger partial charge in [-0.3, -0.25) is 0 Å². The third kappa shape index (κ3) is 3.37. The molecule has 0 aromatic heterocycles. The van der Waals surface area contributed by atoms with Crippen LogP contribution in [0, 0.1) is 0 Å². The van der Waals surface area contributed by atoms with Crippen LogP contribution in [-0.2, 0) is 0 Å². The molecule has 0 saturated heterocycles. The van der Waals surface area contributed by atoms with E-state index in [1.54, 1.807) is 5.57 Å². The summed E-state index contributed by atoms with van der Waals surface area (Å²) in [5.41, 5.74) is 3.11. The Hall–Kier alpha value is -1.30. The Kier molecular flexibility index (Phi) is 4.42. The van der Waals surface area contributed by atoms with E-state index in [1.165, 1.54) is 44.1 Å². The van der Waals surface area contributed by atoms with E-state index in [9.17, 15) is 0 Å². The summed E-state index contributed by atoms with van der Waals surface area (Å²) in [4.78, 5) is 0. The van der Waals surface area contributed by atoms with Crippen LogP contribution < -0.4 is 0 Å². The van der Waals surface area contributed by atoms with Gasteiger partial charge >= 0.3 is 0 Å². The summed E-state index contributed by atoms with van der Waals surface area (Å²) in [5, 5.41) is 0. The fraction of sp³-hybridized carbons (Fsp3) is 0.375. The van der Waals surface area contributed by atoms with E-state index in [0.29, 0.717) is 0 Å². The van der Waals surface area contributed by atoms with Crippen molar-refractivity contribution >= 4 is 0 Å². The molecule has 0 aromatic carbocycles. The van der Waals surface area contributed by atoms with Gasteiger partial charge in [0.2, 0.25) is 0 Å². The molecule has 0 nitrogen and oxygen atoms in total. The Labute approximate surface area is 98.8 Å². The lowest BCUT2D eigenvalue weighted by Crippen LogP contribution is -1.93. The molecule has 2 aliphatic rings. The van der Waals surface area contributed by atoms with Gasteiger partial charge in [-0.1, -0.05) is 48.6 Å². The molecular weight excluding hydrogens is 192 g/mol. The molecule has 0 atom stereocenters. The third-order valence-corrected chi connectivity index (χ3v) is 3.12. The zero-order valence-corrected chi connectivity index (χ0v) is 9.86. The number of rotatable bonds is 1. The van der Waals surface area contributed by atoms with Crippen LogP contribution in [0.2, 0.25) is 0 Å². The second-order valence-corrected chi connectivity index (χ2v) is 4.36. The van der Waals surface area contributed by atoms with Crippen molar-refractivity contribution in [2.75, 3.05) is 0 Å². The van der Waals surface area contributed by atoms with E-state index in [1.807, 2.05) is 0 Å². The molecule has 0 N–H and O–H groups in total. The minimum absolute atomic E-state index is 1.17. The maximum atomic E-state index is 2.44. The summed E-state index contributed by atoms with van der Waals surface area (Å²) >= 11 is 0. The van der Waals surface area contributed by atoms with Crippen LogP contribution in [0.25, 0.3) is 0 Å². The number of hydrogen-bond donors (Lipinski definition) is 0. The lowest BCUT2D eigenvalue weighted by molar-refractivity contribution is 0.879. The maximum Gasteiger partial charge on any atom is -0.0241 e. The summed E-state index contributed by atoms with van der Waals surface area (Å²) in [6.07, 6.45) is 25.2. The Morgan fingerprint density at radius 3 is 2.44 bits per heavy atom. The van der Waals surface area contributed by atoms with Gasteiger partial charge in [-0.15, -0.1) is 0 Å². The number of hydrogen-bond acceptors (Lipinski definition) is 0. The highest BCUT2D eigenvalue weighted by atomic mass is 14.1. The Morgan fingerprint density at radius 1 is 0.625 bits per heavy atom. The van der Waals surface area contributed by atoms with Crippen LogP contribution in [0.15, 0.2) is 59.8 Å². The van der Waals surface area contributed by atoms with Crippen LogP contribution in [0.5, 0.6) is 0 Å². The van der Waals surface area contributed by atoms with Crippen LogP contribution >= 0.6 is 0 Å². The average molecular weight is 212 g/mol. The molecule has 0 aromatic rings. The van der Waals surface area contributed by atoms with Crippen molar-refractivity contribution < 1.29 is 0 Å². The van der Waals surface area contributed by atoms with Gasteiger partial charge in [0, 0.05) is 0 Å². The second kappa shape index (κ2) is 6.32. The van der Waals surface area contributed by atoms with Gasteiger partial charge < -0.3 is 0 Å². The fourth-order valence-electron chi connectivity index (χ4n) is 2.22. The van der Waals surface area contributed by atoms with Gasteiger partial charge in [-0.25, -0.2) is 0 Å². The van der Waals surface area contributed by atoms with Crippen molar-refractivity contribution in [1.82, 2.24) is 0 Å². The topological polar surface area (TPSA) is 0 Å². The van der Waals surface area contributed by atoms with E-state index >= 15 is 0 Å². The average Bonchev–Trinajstić information content (AvgIpc) is 2.18. The minimum atomic E-state index is 1.17. The van der Waals surface area contributed by atoms with Crippen molar-refractivity contribution in [3.8, 4) is 0 Å². The smallest absolute Gasteiger partial charge is 0.0241 e. The molecule has 2 aliphatic carbocycles. The molecule has 0 amide bonds. The zero-order valence-electron chi connectivity index (χ0n) is 9.86. The summed E-state index contributed by atoms with van der Waals surface area (Å²) in [6.45, 7) is 0. The van der Waals surface area contributed by atoms with E-state index in [0.717, 1.165) is 0 Å². The minimum Gasteiger partial charge on any atom is -0.0882 e. The Bertz CT molecular complexity index is 361. The molecule has 16 heavy (non-hydrogen) atoms. The predicted octanol–water partition coefficient (Wildman–Crippen LogP) is 4.88. The molecule has 0 heterocycles. The van der Waals surface area contributed by atoms with Gasteiger partial charge in [0.05, 0.1) is 0 Å². The van der Waals surface area contributed by atoms with Crippen LogP contribution in [0.1, 0.15) is 38.5 Å². The van der Waals surface area contributed by atoms with E-state index < -0.39 is 0 Å². The SMILES string of the molecule is C1=CC=C(C2=CCCC=CCC2)CCC=C1. The monoisotopic (exact) mass is 212 g/mol. The summed E-state index contributed by atoms with van der Waals surface area (Å²) < 4.78 is 0. The van der Waals surface area contributed by atoms with Crippen LogP contribution in [0.3, 0.4) is 0 Å². The first-order chi connectivity index (χ1) is 7.97. The largest absolute Gasteiger partial charge is 0.0882 e. The fourth-order valence-corrected chi connectivity index (χ4v) is 2.22. The van der Waals surface area contributed by atoms with Gasteiger partial charge in [0.25, 0.3) is 0 Å². The Balaban J connectivity index is 2.09. The molecule has 2 rings (SSSR count). The van der Waals surface area contributed by atoms with Crippen LogP contribution in [-0.4, -0.2) is 0 Å². The highest BCUT2D eigenvalue weighted by Crippen LogP contribution is 2.24. The normalized spacial score (nSPS) is 21.5. The van der Waals surface area contributed by atoms with Crippen molar-refractivity contribution in [1.29, 1.82) is 0 Å². The van der Waals surface area contributed by atoms with Gasteiger partial charge in [0.1, 0.15) is 0 Å². The predicted molar refractivity (Wildman–Crippen MR) is 71.3 cm³/mol. The summed E-state index contributed by atoms with van der Waals surface area (Å²) in [6, 6.07) is 0. The first kappa shape index (κ1) is 11.2.